The monoisotopic (exact) mass is 439 g/mol. The molecule has 0 spiro atoms. The Hall–Kier alpha value is -2.19. The van der Waals surface area contributed by atoms with Gasteiger partial charge in [0.15, 0.2) is 0 Å². The van der Waals surface area contributed by atoms with Crippen LogP contribution in [0.1, 0.15) is 39.3 Å². The van der Waals surface area contributed by atoms with Crippen LogP contribution in [-0.4, -0.2) is 70.3 Å². The first-order valence-electron chi connectivity index (χ1n) is 11.5. The lowest BCUT2D eigenvalue weighted by atomic mass is 9.93. The first kappa shape index (κ1) is 20.7. The van der Waals surface area contributed by atoms with E-state index in [0.717, 1.165) is 60.9 Å². The van der Waals surface area contributed by atoms with Gasteiger partial charge in [0.2, 0.25) is 10.1 Å². The molecule has 5 heterocycles. The molecule has 0 radical (unpaired) electrons. The molecule has 2 aliphatic heterocycles. The maximum absolute atomic E-state index is 4.87. The van der Waals surface area contributed by atoms with Gasteiger partial charge in [-0.15, -0.1) is 5.10 Å². The molecular formula is C23H33N7S. The minimum absolute atomic E-state index is 0.0599. The van der Waals surface area contributed by atoms with Gasteiger partial charge in [0, 0.05) is 57.4 Å². The van der Waals surface area contributed by atoms with E-state index in [1.165, 1.54) is 19.4 Å². The van der Waals surface area contributed by atoms with E-state index in [-0.39, 0.29) is 5.41 Å². The van der Waals surface area contributed by atoms with Gasteiger partial charge in [0.1, 0.15) is 5.82 Å². The summed E-state index contributed by atoms with van der Waals surface area (Å²) in [5.74, 6) is 1.81. The van der Waals surface area contributed by atoms with Gasteiger partial charge in [-0.3, -0.25) is 4.90 Å². The van der Waals surface area contributed by atoms with Crippen molar-refractivity contribution in [1.29, 1.82) is 0 Å². The van der Waals surface area contributed by atoms with Crippen molar-refractivity contribution >= 4 is 27.2 Å². The number of aromatic nitrogens is 4. The zero-order valence-corrected chi connectivity index (χ0v) is 19.7. The smallest absolute Gasteiger partial charge is 0.214 e. The van der Waals surface area contributed by atoms with Crippen LogP contribution in [0.4, 0.5) is 10.9 Å². The molecule has 0 aliphatic carbocycles. The van der Waals surface area contributed by atoms with E-state index in [1.54, 1.807) is 11.3 Å². The Morgan fingerprint density at radius 1 is 1.06 bits per heavy atom. The zero-order valence-electron chi connectivity index (χ0n) is 18.9. The molecule has 1 unspecified atom stereocenters. The van der Waals surface area contributed by atoms with Crippen LogP contribution < -0.4 is 9.80 Å². The minimum Gasteiger partial charge on any atom is -0.354 e. The Labute approximate surface area is 188 Å². The molecule has 7 nitrogen and oxygen atoms in total. The lowest BCUT2D eigenvalue weighted by molar-refractivity contribution is 0.205. The Morgan fingerprint density at radius 3 is 2.61 bits per heavy atom. The summed E-state index contributed by atoms with van der Waals surface area (Å²) in [5, 5.41) is 5.98. The Morgan fingerprint density at radius 2 is 1.90 bits per heavy atom. The molecule has 2 saturated heterocycles. The number of fused-ring (bicyclic) bond motifs is 1. The van der Waals surface area contributed by atoms with E-state index in [2.05, 4.69) is 58.8 Å². The van der Waals surface area contributed by atoms with E-state index in [1.807, 2.05) is 16.8 Å². The number of piperidine rings is 1. The van der Waals surface area contributed by atoms with Crippen LogP contribution in [0, 0.1) is 5.92 Å². The van der Waals surface area contributed by atoms with Crippen molar-refractivity contribution in [2.24, 2.45) is 5.92 Å². The Kier molecular flexibility index (Phi) is 5.60. The van der Waals surface area contributed by atoms with Crippen molar-refractivity contribution in [3.63, 3.8) is 0 Å². The maximum atomic E-state index is 4.87. The second kappa shape index (κ2) is 8.39. The van der Waals surface area contributed by atoms with Crippen LogP contribution in [0.15, 0.2) is 30.6 Å². The van der Waals surface area contributed by atoms with Gasteiger partial charge in [-0.25, -0.2) is 14.5 Å². The van der Waals surface area contributed by atoms with Crippen LogP contribution in [-0.2, 0) is 5.41 Å². The number of hydrogen-bond donors (Lipinski definition) is 0. The van der Waals surface area contributed by atoms with Gasteiger partial charge < -0.3 is 9.80 Å². The number of rotatable bonds is 4. The predicted molar refractivity (Wildman–Crippen MR) is 127 cm³/mol. The van der Waals surface area contributed by atoms with Crippen molar-refractivity contribution in [3.05, 3.63) is 36.3 Å². The number of pyridine rings is 1. The van der Waals surface area contributed by atoms with Crippen molar-refractivity contribution in [2.45, 2.75) is 39.0 Å². The summed E-state index contributed by atoms with van der Waals surface area (Å²) in [4.78, 5) is 17.9. The number of imidazole rings is 1. The SMILES string of the molecule is CC(C)(C)c1cn2nc(N3CCCC(CN4CCN(c5ccccn5)CC4)C3)sc2n1. The van der Waals surface area contributed by atoms with Gasteiger partial charge in [-0.05, 0) is 30.9 Å². The molecule has 1 atom stereocenters. The highest BCUT2D eigenvalue weighted by molar-refractivity contribution is 7.20. The minimum atomic E-state index is 0.0599. The number of hydrogen-bond acceptors (Lipinski definition) is 7. The summed E-state index contributed by atoms with van der Waals surface area (Å²) in [7, 11) is 0. The van der Waals surface area contributed by atoms with E-state index < -0.39 is 0 Å². The van der Waals surface area contributed by atoms with Crippen LogP contribution in [0.3, 0.4) is 0 Å². The summed E-state index contributed by atoms with van der Waals surface area (Å²) in [6.45, 7) is 14.4. The largest absolute Gasteiger partial charge is 0.354 e. The number of nitrogens with zero attached hydrogens (tertiary/aromatic N) is 7. The fraction of sp³-hybridized carbons (Fsp3) is 0.609. The molecule has 8 heteroatoms. The van der Waals surface area contributed by atoms with Gasteiger partial charge in [0.25, 0.3) is 0 Å². The van der Waals surface area contributed by atoms with Crippen molar-refractivity contribution < 1.29 is 0 Å². The van der Waals surface area contributed by atoms with E-state index in [4.69, 9.17) is 10.1 Å². The fourth-order valence-corrected chi connectivity index (χ4v) is 5.55. The lowest BCUT2D eigenvalue weighted by Crippen LogP contribution is -2.49. The Bertz CT molecular complexity index is 967. The molecule has 0 aromatic carbocycles. The molecule has 3 aromatic heterocycles. The average Bonchev–Trinajstić information content (AvgIpc) is 3.35. The highest BCUT2D eigenvalue weighted by Crippen LogP contribution is 2.30. The third-order valence-electron chi connectivity index (χ3n) is 6.45. The maximum Gasteiger partial charge on any atom is 0.214 e. The third kappa shape index (κ3) is 4.55. The summed E-state index contributed by atoms with van der Waals surface area (Å²) < 4.78 is 1.97. The fourth-order valence-electron chi connectivity index (χ4n) is 4.63. The molecule has 0 bridgehead atoms. The van der Waals surface area contributed by atoms with E-state index in [0.29, 0.717) is 5.92 Å². The van der Waals surface area contributed by atoms with Gasteiger partial charge in [-0.1, -0.05) is 38.2 Å². The Balaban J connectivity index is 1.17. The van der Waals surface area contributed by atoms with E-state index in [9.17, 15) is 0 Å². The normalized spacial score (nSPS) is 21.2. The highest BCUT2D eigenvalue weighted by atomic mass is 32.1. The highest BCUT2D eigenvalue weighted by Gasteiger charge is 2.27. The van der Waals surface area contributed by atoms with Crippen molar-refractivity contribution in [1.82, 2.24) is 24.5 Å². The number of piperazine rings is 1. The molecule has 0 amide bonds. The van der Waals surface area contributed by atoms with E-state index >= 15 is 0 Å². The van der Waals surface area contributed by atoms with Crippen molar-refractivity contribution in [2.75, 3.05) is 55.6 Å². The summed E-state index contributed by atoms with van der Waals surface area (Å²) in [5.41, 5.74) is 1.17. The average molecular weight is 440 g/mol. The second-order valence-electron chi connectivity index (χ2n) is 9.92. The first-order chi connectivity index (χ1) is 15.0. The number of anilines is 2. The molecule has 5 rings (SSSR count). The van der Waals surface area contributed by atoms with Gasteiger partial charge in [0.05, 0.1) is 11.9 Å². The molecule has 166 valence electrons. The zero-order chi connectivity index (χ0) is 21.4. The molecule has 3 aromatic rings. The molecule has 0 N–H and O–H groups in total. The molecule has 2 fully saturated rings. The summed E-state index contributed by atoms with van der Waals surface area (Å²) in [6.07, 6.45) is 6.54. The van der Waals surface area contributed by atoms with Gasteiger partial charge >= 0.3 is 0 Å². The lowest BCUT2D eigenvalue weighted by Gasteiger charge is -2.39. The molecular weight excluding hydrogens is 406 g/mol. The second-order valence-corrected chi connectivity index (χ2v) is 10.9. The van der Waals surface area contributed by atoms with Crippen LogP contribution in [0.25, 0.3) is 4.96 Å². The predicted octanol–water partition coefficient (Wildman–Crippen LogP) is 3.52. The first-order valence-corrected chi connectivity index (χ1v) is 12.3. The topological polar surface area (TPSA) is 52.8 Å². The summed E-state index contributed by atoms with van der Waals surface area (Å²) in [6, 6.07) is 6.17. The van der Waals surface area contributed by atoms with Crippen LogP contribution in [0.2, 0.25) is 0 Å². The van der Waals surface area contributed by atoms with Crippen LogP contribution >= 0.6 is 11.3 Å². The van der Waals surface area contributed by atoms with Crippen LogP contribution in [0.5, 0.6) is 0 Å². The van der Waals surface area contributed by atoms with Gasteiger partial charge in [-0.2, -0.15) is 0 Å². The van der Waals surface area contributed by atoms with Crippen molar-refractivity contribution in [3.8, 4) is 0 Å². The standard InChI is InChI=1S/C23H33N7S/c1-23(2,3)19-17-30-21(25-19)31-22(26-30)29-10-6-7-18(16-29)15-27-11-13-28(14-12-27)20-8-4-5-9-24-20/h4-5,8-9,17-18H,6-7,10-16H2,1-3H3. The third-order valence-corrected chi connectivity index (χ3v) is 7.44. The quantitative estimate of drug-likeness (QED) is 0.620. The molecule has 2 aliphatic rings. The summed E-state index contributed by atoms with van der Waals surface area (Å²) >= 11 is 1.73. The molecule has 0 saturated carbocycles. The molecule has 31 heavy (non-hydrogen) atoms.